The van der Waals surface area contributed by atoms with E-state index >= 15 is 0 Å². The van der Waals surface area contributed by atoms with E-state index in [9.17, 15) is 9.59 Å². The molecule has 0 heterocycles. The number of benzene rings is 2. The maximum Gasteiger partial charge on any atom is 0.223 e. The molecule has 0 aliphatic heterocycles. The molecule has 2 aromatic carbocycles. The Morgan fingerprint density at radius 3 is 2.33 bits per heavy atom. The molecule has 5 heteroatoms. The first-order valence-electron chi connectivity index (χ1n) is 10.7. The lowest BCUT2D eigenvalue weighted by Gasteiger charge is -2.21. The number of nitrogens with zero attached hydrogens (tertiary/aromatic N) is 1. The van der Waals surface area contributed by atoms with Gasteiger partial charge in [0.1, 0.15) is 0 Å². The summed E-state index contributed by atoms with van der Waals surface area (Å²) in [4.78, 5) is 27.2. The van der Waals surface area contributed by atoms with Gasteiger partial charge in [-0.3, -0.25) is 9.59 Å². The van der Waals surface area contributed by atoms with Gasteiger partial charge in [-0.25, -0.2) is 0 Å². The molecule has 0 aromatic heterocycles. The number of rotatable bonds is 9. The van der Waals surface area contributed by atoms with Gasteiger partial charge in [0, 0.05) is 31.5 Å². The second-order valence-electron chi connectivity index (χ2n) is 7.71. The number of carbonyl (C=O) groups is 2. The molecule has 1 aliphatic carbocycles. The van der Waals surface area contributed by atoms with Crippen LogP contribution < -0.4 is 9.47 Å². The third-order valence-electron chi connectivity index (χ3n) is 5.79. The van der Waals surface area contributed by atoms with Crippen LogP contribution in [0.4, 0.5) is 0 Å². The molecule has 0 fully saturated rings. The highest BCUT2D eigenvalue weighted by atomic mass is 16.5. The molecule has 0 saturated heterocycles. The minimum atomic E-state index is -0.0152. The van der Waals surface area contributed by atoms with Gasteiger partial charge in [-0.2, -0.15) is 0 Å². The van der Waals surface area contributed by atoms with Gasteiger partial charge in [-0.1, -0.05) is 18.2 Å². The van der Waals surface area contributed by atoms with E-state index < -0.39 is 0 Å². The molecular formula is C25H31NO4. The number of Topliss-reactive ketones (excluding diaryl/α,β-unsaturated/α-hetero) is 1. The summed E-state index contributed by atoms with van der Waals surface area (Å²) in [7, 11) is 3.19. The Bertz CT molecular complexity index is 906. The van der Waals surface area contributed by atoms with E-state index in [4.69, 9.17) is 9.47 Å². The van der Waals surface area contributed by atoms with Gasteiger partial charge in [0.15, 0.2) is 17.3 Å². The molecule has 30 heavy (non-hydrogen) atoms. The topological polar surface area (TPSA) is 55.8 Å². The first-order chi connectivity index (χ1) is 14.5. The van der Waals surface area contributed by atoms with Gasteiger partial charge in [0.25, 0.3) is 0 Å². The molecule has 2 aromatic rings. The molecule has 0 atom stereocenters. The summed E-state index contributed by atoms with van der Waals surface area (Å²) in [6, 6.07) is 11.7. The zero-order valence-electron chi connectivity index (χ0n) is 18.2. The molecule has 1 aliphatic rings. The Morgan fingerprint density at radius 2 is 1.63 bits per heavy atom. The number of amides is 1. The summed E-state index contributed by atoms with van der Waals surface area (Å²) in [5.74, 6) is 1.32. The molecule has 160 valence electrons. The summed E-state index contributed by atoms with van der Waals surface area (Å²) in [5, 5.41) is 0. The standard InChI is InChI=1S/C25H31NO4/c1-4-26(17-18-9-13-23(29-2)24(15-18)30-3)25(28)14-12-22(27)21-11-10-19-7-5-6-8-20(19)16-21/h9-11,13,15-16H,4-8,12,14,17H2,1-3H3. The third kappa shape index (κ3) is 5.21. The Hall–Kier alpha value is -2.82. The van der Waals surface area contributed by atoms with E-state index in [1.807, 2.05) is 37.3 Å². The Labute approximate surface area is 179 Å². The van der Waals surface area contributed by atoms with Crippen LogP contribution in [0.2, 0.25) is 0 Å². The average Bonchev–Trinajstić information content (AvgIpc) is 2.80. The molecular weight excluding hydrogens is 378 g/mol. The number of ketones is 1. The monoisotopic (exact) mass is 409 g/mol. The van der Waals surface area contributed by atoms with E-state index in [-0.39, 0.29) is 24.5 Å². The van der Waals surface area contributed by atoms with Crippen LogP contribution in [-0.4, -0.2) is 37.4 Å². The van der Waals surface area contributed by atoms with E-state index in [1.165, 1.54) is 24.0 Å². The third-order valence-corrected chi connectivity index (χ3v) is 5.79. The lowest BCUT2D eigenvalue weighted by atomic mass is 9.89. The fraction of sp³-hybridized carbons (Fsp3) is 0.440. The highest BCUT2D eigenvalue weighted by Gasteiger charge is 2.17. The van der Waals surface area contributed by atoms with Crippen molar-refractivity contribution in [3.8, 4) is 11.5 Å². The SMILES string of the molecule is CCN(Cc1ccc(OC)c(OC)c1)C(=O)CCC(=O)c1ccc2c(c1)CCCC2. The minimum Gasteiger partial charge on any atom is -0.493 e. The van der Waals surface area contributed by atoms with Crippen molar-refractivity contribution in [3.05, 3.63) is 58.7 Å². The average molecular weight is 410 g/mol. The lowest BCUT2D eigenvalue weighted by Crippen LogP contribution is -2.30. The number of hydrogen-bond donors (Lipinski definition) is 0. The summed E-state index contributed by atoms with van der Waals surface area (Å²) in [6.07, 6.45) is 5.01. The van der Waals surface area contributed by atoms with Crippen LogP contribution in [0.25, 0.3) is 0 Å². The number of hydrogen-bond acceptors (Lipinski definition) is 4. The number of carbonyl (C=O) groups excluding carboxylic acids is 2. The molecule has 0 bridgehead atoms. The molecule has 0 N–H and O–H groups in total. The predicted molar refractivity (Wildman–Crippen MR) is 117 cm³/mol. The van der Waals surface area contributed by atoms with Gasteiger partial charge in [-0.05, 0) is 67.5 Å². The van der Waals surface area contributed by atoms with Crippen LogP contribution in [0.5, 0.6) is 11.5 Å². The molecule has 3 rings (SSSR count). The normalized spacial score (nSPS) is 12.8. The molecule has 0 unspecified atom stereocenters. The van der Waals surface area contributed by atoms with Gasteiger partial charge in [0.05, 0.1) is 14.2 Å². The smallest absolute Gasteiger partial charge is 0.223 e. The molecule has 1 amide bonds. The number of fused-ring (bicyclic) bond motifs is 1. The Balaban J connectivity index is 1.59. The van der Waals surface area contributed by atoms with E-state index in [2.05, 4.69) is 6.07 Å². The van der Waals surface area contributed by atoms with Crippen molar-refractivity contribution < 1.29 is 19.1 Å². The summed E-state index contributed by atoms with van der Waals surface area (Å²) in [6.45, 7) is 3.01. The van der Waals surface area contributed by atoms with Gasteiger partial charge in [0.2, 0.25) is 5.91 Å². The van der Waals surface area contributed by atoms with Crippen molar-refractivity contribution in [3.63, 3.8) is 0 Å². The summed E-state index contributed by atoms with van der Waals surface area (Å²) in [5.41, 5.74) is 4.35. The zero-order valence-corrected chi connectivity index (χ0v) is 18.2. The number of ether oxygens (including phenoxy) is 2. The van der Waals surface area contributed by atoms with Crippen LogP contribution in [0, 0.1) is 0 Å². The summed E-state index contributed by atoms with van der Waals surface area (Å²) < 4.78 is 10.6. The molecule has 0 radical (unpaired) electrons. The zero-order chi connectivity index (χ0) is 21.5. The fourth-order valence-electron chi connectivity index (χ4n) is 4.01. The maximum atomic E-state index is 12.7. The van der Waals surface area contributed by atoms with Crippen LogP contribution >= 0.6 is 0 Å². The van der Waals surface area contributed by atoms with E-state index in [0.717, 1.165) is 24.0 Å². The van der Waals surface area contributed by atoms with E-state index in [1.54, 1.807) is 19.1 Å². The van der Waals surface area contributed by atoms with Crippen molar-refractivity contribution in [1.82, 2.24) is 4.90 Å². The van der Waals surface area contributed by atoms with Crippen molar-refractivity contribution in [2.24, 2.45) is 0 Å². The van der Waals surface area contributed by atoms with Crippen molar-refractivity contribution >= 4 is 11.7 Å². The van der Waals surface area contributed by atoms with Crippen LogP contribution in [-0.2, 0) is 24.2 Å². The number of aryl methyl sites for hydroxylation is 2. The first-order valence-corrected chi connectivity index (χ1v) is 10.7. The van der Waals surface area contributed by atoms with Crippen molar-refractivity contribution in [2.45, 2.75) is 52.0 Å². The molecule has 0 spiro atoms. The van der Waals surface area contributed by atoms with Gasteiger partial charge < -0.3 is 14.4 Å². The fourth-order valence-corrected chi connectivity index (χ4v) is 4.01. The van der Waals surface area contributed by atoms with Crippen molar-refractivity contribution in [1.29, 1.82) is 0 Å². The minimum absolute atomic E-state index is 0.0152. The van der Waals surface area contributed by atoms with Crippen molar-refractivity contribution in [2.75, 3.05) is 20.8 Å². The largest absolute Gasteiger partial charge is 0.493 e. The summed E-state index contributed by atoms with van der Waals surface area (Å²) >= 11 is 0. The highest BCUT2D eigenvalue weighted by Crippen LogP contribution is 2.28. The van der Waals surface area contributed by atoms with Crippen LogP contribution in [0.3, 0.4) is 0 Å². The lowest BCUT2D eigenvalue weighted by molar-refractivity contribution is -0.131. The van der Waals surface area contributed by atoms with E-state index in [0.29, 0.717) is 24.6 Å². The first kappa shape index (κ1) is 21.9. The Morgan fingerprint density at radius 1 is 0.900 bits per heavy atom. The highest BCUT2D eigenvalue weighted by molar-refractivity contribution is 5.98. The number of methoxy groups -OCH3 is 2. The van der Waals surface area contributed by atoms with Gasteiger partial charge in [-0.15, -0.1) is 0 Å². The maximum absolute atomic E-state index is 12.7. The van der Waals surface area contributed by atoms with Crippen LogP contribution in [0.1, 0.15) is 59.7 Å². The predicted octanol–water partition coefficient (Wildman–Crippen LogP) is 4.59. The molecule has 5 nitrogen and oxygen atoms in total. The van der Waals surface area contributed by atoms with Crippen LogP contribution in [0.15, 0.2) is 36.4 Å². The second-order valence-corrected chi connectivity index (χ2v) is 7.71. The van der Waals surface area contributed by atoms with Gasteiger partial charge >= 0.3 is 0 Å². The molecule has 0 saturated carbocycles. The second kappa shape index (κ2) is 10.3. The Kier molecular flexibility index (Phi) is 7.50. The quantitative estimate of drug-likeness (QED) is 0.568.